The Kier molecular flexibility index (Phi) is 1.99. The van der Waals surface area contributed by atoms with E-state index < -0.39 is 12.0 Å². The Bertz CT molecular complexity index is 510. The molecule has 2 aromatic rings. The maximum absolute atomic E-state index is 12.3. The van der Waals surface area contributed by atoms with Crippen molar-refractivity contribution >= 4 is 10.9 Å². The van der Waals surface area contributed by atoms with E-state index in [9.17, 15) is 18.4 Å². The minimum Gasteiger partial charge on any atom is -0.710 e. The molecule has 0 spiro atoms. The lowest BCUT2D eigenvalue weighted by molar-refractivity contribution is -0.631. The van der Waals surface area contributed by atoms with Gasteiger partial charge in [0.05, 0.1) is 5.39 Å². The summed E-state index contributed by atoms with van der Waals surface area (Å²) in [6.45, 7) is 0. The van der Waals surface area contributed by atoms with Crippen LogP contribution in [0.5, 0.6) is 0 Å². The number of hydrogen-bond acceptors (Lipinski definition) is 2. The van der Waals surface area contributed by atoms with E-state index in [1.165, 1.54) is 12.1 Å². The molecule has 0 aliphatic carbocycles. The summed E-state index contributed by atoms with van der Waals surface area (Å²) in [5, 5.41) is 11.4. The number of hydrogen-bond donors (Lipinski definition) is 0. The molecule has 1 aromatic heterocycles. The van der Waals surface area contributed by atoms with Gasteiger partial charge in [-0.15, -0.1) is 0 Å². The lowest BCUT2D eigenvalue weighted by Gasteiger charge is -2.08. The molecule has 0 amide bonds. The van der Waals surface area contributed by atoms with Crippen molar-refractivity contribution in [2.45, 2.75) is 6.18 Å². The molecule has 3 nitrogen and oxygen atoms in total. The van der Waals surface area contributed by atoms with Gasteiger partial charge in [0.15, 0.2) is 5.52 Å². The number of aromatic nitrogens is 2. The highest BCUT2D eigenvalue weighted by molar-refractivity contribution is 5.76. The fraction of sp³-hybridized carbons (Fsp3) is 0.111. The maximum atomic E-state index is 12.3. The van der Waals surface area contributed by atoms with Crippen LogP contribution in [0, 0.1) is 5.21 Å². The summed E-state index contributed by atoms with van der Waals surface area (Å²) in [5.41, 5.74) is 0.150. The van der Waals surface area contributed by atoms with Crippen molar-refractivity contribution in [3.8, 4) is 0 Å². The predicted molar refractivity (Wildman–Crippen MR) is 45.7 cm³/mol. The SMILES string of the molecule is [O-][n+]1cc2ccccc2nc1C(F)(F)F. The van der Waals surface area contributed by atoms with Crippen LogP contribution in [0.1, 0.15) is 5.82 Å². The van der Waals surface area contributed by atoms with Gasteiger partial charge >= 0.3 is 12.0 Å². The number of benzene rings is 1. The highest BCUT2D eigenvalue weighted by atomic mass is 19.4. The van der Waals surface area contributed by atoms with Crippen LogP contribution in [0.15, 0.2) is 30.5 Å². The summed E-state index contributed by atoms with van der Waals surface area (Å²) in [6.07, 6.45) is -3.86. The Morgan fingerprint density at radius 2 is 1.87 bits per heavy atom. The van der Waals surface area contributed by atoms with Crippen LogP contribution in [-0.4, -0.2) is 4.98 Å². The average molecular weight is 214 g/mol. The number of alkyl halides is 3. The monoisotopic (exact) mass is 214 g/mol. The Balaban J connectivity index is 2.73. The van der Waals surface area contributed by atoms with Crippen molar-refractivity contribution in [3.05, 3.63) is 41.5 Å². The van der Waals surface area contributed by atoms with Gasteiger partial charge in [-0.1, -0.05) is 12.1 Å². The van der Waals surface area contributed by atoms with Gasteiger partial charge in [0.2, 0.25) is 0 Å². The van der Waals surface area contributed by atoms with E-state index in [1.54, 1.807) is 12.1 Å². The minimum absolute atomic E-state index is 0.150. The molecular formula is C9H5F3N2O. The van der Waals surface area contributed by atoms with Crippen LogP contribution in [-0.2, 0) is 6.18 Å². The normalized spacial score (nSPS) is 11.9. The van der Waals surface area contributed by atoms with Crippen LogP contribution in [0.2, 0.25) is 0 Å². The maximum Gasteiger partial charge on any atom is 0.499 e. The number of rotatable bonds is 0. The molecule has 0 fully saturated rings. The van der Waals surface area contributed by atoms with Gasteiger partial charge in [-0.2, -0.15) is 13.2 Å². The zero-order valence-corrected chi connectivity index (χ0v) is 7.32. The highest BCUT2D eigenvalue weighted by Crippen LogP contribution is 2.25. The molecule has 0 saturated carbocycles. The largest absolute Gasteiger partial charge is 0.710 e. The van der Waals surface area contributed by atoms with Gasteiger partial charge in [-0.3, -0.25) is 0 Å². The van der Waals surface area contributed by atoms with E-state index >= 15 is 0 Å². The van der Waals surface area contributed by atoms with Gasteiger partial charge in [0.1, 0.15) is 6.20 Å². The van der Waals surface area contributed by atoms with Crippen LogP contribution in [0.25, 0.3) is 10.9 Å². The lowest BCUT2D eigenvalue weighted by atomic mass is 10.2. The molecule has 6 heteroatoms. The Morgan fingerprint density at radius 3 is 2.53 bits per heavy atom. The molecule has 1 heterocycles. The molecule has 0 aliphatic heterocycles. The number of nitrogens with zero attached hydrogens (tertiary/aromatic N) is 2. The second-order valence-electron chi connectivity index (χ2n) is 2.95. The third-order valence-corrected chi connectivity index (χ3v) is 1.88. The molecule has 0 radical (unpaired) electrons. The quantitative estimate of drug-likeness (QED) is 0.496. The summed E-state index contributed by atoms with van der Waals surface area (Å²) < 4.78 is 36.6. The minimum atomic E-state index is -4.73. The Hall–Kier alpha value is -1.85. The van der Waals surface area contributed by atoms with Gasteiger partial charge in [0, 0.05) is 0 Å². The molecule has 15 heavy (non-hydrogen) atoms. The van der Waals surface area contributed by atoms with Gasteiger partial charge in [-0.25, -0.2) is 4.73 Å². The molecule has 0 aliphatic rings. The van der Waals surface area contributed by atoms with E-state index in [1.807, 2.05) is 0 Å². The smallest absolute Gasteiger partial charge is 0.499 e. The van der Waals surface area contributed by atoms with Crippen LogP contribution in [0.4, 0.5) is 13.2 Å². The standard InChI is InChI=1S/C9H5F3N2O/c10-9(11,12)8-13-7-4-2-1-3-6(7)5-14(8)15/h1-5H. The third-order valence-electron chi connectivity index (χ3n) is 1.88. The first-order valence-corrected chi connectivity index (χ1v) is 4.04. The third kappa shape index (κ3) is 1.70. The summed E-state index contributed by atoms with van der Waals surface area (Å²) in [6, 6.07) is 6.13. The van der Waals surface area contributed by atoms with Crippen LogP contribution < -0.4 is 4.73 Å². The zero-order chi connectivity index (χ0) is 11.1. The molecule has 0 bridgehead atoms. The number of para-hydroxylation sites is 1. The zero-order valence-electron chi connectivity index (χ0n) is 7.32. The first-order valence-electron chi connectivity index (χ1n) is 4.04. The second kappa shape index (κ2) is 3.08. The summed E-state index contributed by atoms with van der Waals surface area (Å²) >= 11 is 0. The highest BCUT2D eigenvalue weighted by Gasteiger charge is 2.42. The van der Waals surface area contributed by atoms with Crippen molar-refractivity contribution in [1.82, 2.24) is 4.98 Å². The van der Waals surface area contributed by atoms with Crippen molar-refractivity contribution < 1.29 is 17.9 Å². The van der Waals surface area contributed by atoms with Gasteiger partial charge < -0.3 is 5.21 Å². The fourth-order valence-electron chi connectivity index (χ4n) is 1.24. The molecule has 0 unspecified atom stereocenters. The Morgan fingerprint density at radius 1 is 1.20 bits per heavy atom. The van der Waals surface area contributed by atoms with Crippen molar-refractivity contribution in [1.29, 1.82) is 0 Å². The molecule has 2 rings (SSSR count). The van der Waals surface area contributed by atoms with Crippen molar-refractivity contribution in [3.63, 3.8) is 0 Å². The number of fused-ring (bicyclic) bond motifs is 1. The molecule has 0 saturated heterocycles. The first kappa shape index (κ1) is 9.70. The predicted octanol–water partition coefficient (Wildman–Crippen LogP) is 1.89. The van der Waals surface area contributed by atoms with Crippen molar-refractivity contribution in [2.24, 2.45) is 0 Å². The molecule has 1 aromatic carbocycles. The van der Waals surface area contributed by atoms with Crippen LogP contribution in [0.3, 0.4) is 0 Å². The molecule has 0 atom stereocenters. The van der Waals surface area contributed by atoms with E-state index in [4.69, 9.17) is 0 Å². The van der Waals surface area contributed by atoms with Crippen LogP contribution >= 0.6 is 0 Å². The van der Waals surface area contributed by atoms with Gasteiger partial charge in [0.25, 0.3) is 0 Å². The fourth-order valence-corrected chi connectivity index (χ4v) is 1.24. The summed E-state index contributed by atoms with van der Waals surface area (Å²) in [4.78, 5) is 3.27. The van der Waals surface area contributed by atoms with E-state index in [2.05, 4.69) is 4.98 Å². The topological polar surface area (TPSA) is 39.8 Å². The van der Waals surface area contributed by atoms with Crippen molar-refractivity contribution in [2.75, 3.05) is 0 Å². The number of halogens is 3. The van der Waals surface area contributed by atoms with Gasteiger partial charge in [-0.05, 0) is 17.1 Å². The first-order chi connectivity index (χ1) is 6.98. The van der Waals surface area contributed by atoms with E-state index in [0.29, 0.717) is 5.39 Å². The lowest BCUT2D eigenvalue weighted by Crippen LogP contribution is -2.37. The summed E-state index contributed by atoms with van der Waals surface area (Å²) in [5.74, 6) is -1.44. The van der Waals surface area contributed by atoms with E-state index in [0.717, 1.165) is 6.20 Å². The van der Waals surface area contributed by atoms with E-state index in [-0.39, 0.29) is 10.2 Å². The second-order valence-corrected chi connectivity index (χ2v) is 2.95. The Labute approximate surface area is 82.4 Å². The molecule has 0 N–H and O–H groups in total. The molecular weight excluding hydrogens is 209 g/mol. The molecule has 78 valence electrons. The summed E-state index contributed by atoms with van der Waals surface area (Å²) in [7, 11) is 0. The average Bonchev–Trinajstić information content (AvgIpc) is 2.15.